The van der Waals surface area contributed by atoms with Crippen molar-refractivity contribution in [2.75, 3.05) is 31.2 Å². The number of rotatable bonds is 7. The number of nitrogens with zero attached hydrogens (tertiary/aromatic N) is 3. The molecule has 194 valence electrons. The molecule has 2 aliphatic rings. The number of furan rings is 1. The van der Waals surface area contributed by atoms with Crippen LogP contribution in [0.4, 0.5) is 5.88 Å². The summed E-state index contributed by atoms with van der Waals surface area (Å²) in [5.41, 5.74) is 1.44. The van der Waals surface area contributed by atoms with Gasteiger partial charge < -0.3 is 18.8 Å². The normalized spacial score (nSPS) is 18.0. The average molecular weight is 522 g/mol. The minimum Gasteiger partial charge on any atom is -0.494 e. The Balaban J connectivity index is 1.59. The van der Waals surface area contributed by atoms with Gasteiger partial charge in [-0.1, -0.05) is 23.5 Å². The molecule has 8 nitrogen and oxygen atoms in total. The van der Waals surface area contributed by atoms with Crippen LogP contribution in [0.3, 0.4) is 0 Å². The van der Waals surface area contributed by atoms with Gasteiger partial charge in [-0.15, -0.1) is 0 Å². The lowest BCUT2D eigenvalue weighted by atomic mass is 9.96. The van der Waals surface area contributed by atoms with E-state index in [2.05, 4.69) is 9.89 Å². The Morgan fingerprint density at radius 1 is 1.11 bits per heavy atom. The van der Waals surface area contributed by atoms with Gasteiger partial charge in [0.2, 0.25) is 0 Å². The molecule has 9 heteroatoms. The molecule has 1 aromatic carbocycles. The number of allylic oxidation sites excluding steroid dienone is 1. The molecule has 4 heterocycles. The highest BCUT2D eigenvalue weighted by molar-refractivity contribution is 7.07. The van der Waals surface area contributed by atoms with E-state index in [9.17, 15) is 9.59 Å². The van der Waals surface area contributed by atoms with Crippen LogP contribution in [0.1, 0.15) is 57.4 Å². The summed E-state index contributed by atoms with van der Waals surface area (Å²) in [6, 6.07) is 10.6. The predicted molar refractivity (Wildman–Crippen MR) is 143 cm³/mol. The van der Waals surface area contributed by atoms with E-state index in [1.54, 1.807) is 24.5 Å². The van der Waals surface area contributed by atoms with Crippen LogP contribution in [0, 0.1) is 0 Å². The summed E-state index contributed by atoms with van der Waals surface area (Å²) in [6.07, 6.45) is 5.31. The Hall–Kier alpha value is -3.59. The smallest absolute Gasteiger partial charge is 0.338 e. The fourth-order valence-corrected chi connectivity index (χ4v) is 5.88. The number of carbonyl (C=O) groups is 1. The van der Waals surface area contributed by atoms with E-state index in [0.717, 1.165) is 43.1 Å². The molecule has 0 saturated carbocycles. The number of thiazole rings is 1. The highest BCUT2D eigenvalue weighted by Crippen LogP contribution is 2.31. The first kappa shape index (κ1) is 25.1. The molecule has 0 aliphatic carbocycles. The third-order valence-electron chi connectivity index (χ3n) is 6.58. The van der Waals surface area contributed by atoms with Crippen LogP contribution in [0.15, 0.2) is 61.9 Å². The van der Waals surface area contributed by atoms with Crippen molar-refractivity contribution in [2.45, 2.75) is 46.1 Å². The third kappa shape index (κ3) is 5.00. The van der Waals surface area contributed by atoms with Gasteiger partial charge in [-0.25, -0.2) is 9.79 Å². The van der Waals surface area contributed by atoms with E-state index in [0.29, 0.717) is 33.0 Å². The van der Waals surface area contributed by atoms with Crippen molar-refractivity contribution in [3.63, 3.8) is 0 Å². The predicted octanol–water partition coefficient (Wildman–Crippen LogP) is 3.78. The molecule has 1 fully saturated rings. The molecule has 1 atom stereocenters. The average Bonchev–Trinajstić information content (AvgIpc) is 3.49. The van der Waals surface area contributed by atoms with E-state index in [-0.39, 0.29) is 12.2 Å². The molecule has 5 rings (SSSR count). The van der Waals surface area contributed by atoms with Crippen molar-refractivity contribution in [1.82, 2.24) is 4.57 Å². The molecule has 0 N–H and O–H groups in total. The summed E-state index contributed by atoms with van der Waals surface area (Å²) < 4.78 is 19.1. The Morgan fingerprint density at radius 2 is 1.86 bits per heavy atom. The molecule has 0 unspecified atom stereocenters. The second-order valence-electron chi connectivity index (χ2n) is 9.03. The van der Waals surface area contributed by atoms with Gasteiger partial charge >= 0.3 is 5.97 Å². The molecule has 0 amide bonds. The molecular formula is C28H31N3O5S. The van der Waals surface area contributed by atoms with Crippen LogP contribution in [-0.4, -0.2) is 36.8 Å². The SMILES string of the molecule is CCOC(=O)C1=C(C)N=c2s/c(=C\c3ccc(N4CCCCC4)o3)c(=O)n2[C@@H]1c1ccc(OCC)cc1. The lowest BCUT2D eigenvalue weighted by Gasteiger charge is -2.25. The number of benzene rings is 1. The molecule has 0 bridgehead atoms. The maximum absolute atomic E-state index is 13.7. The van der Waals surface area contributed by atoms with Crippen molar-refractivity contribution in [2.24, 2.45) is 4.99 Å². The monoisotopic (exact) mass is 521 g/mol. The number of fused-ring (bicyclic) bond motifs is 1. The number of carbonyl (C=O) groups excluding carboxylic acids is 1. The molecule has 0 spiro atoms. The van der Waals surface area contributed by atoms with Gasteiger partial charge in [0.15, 0.2) is 10.7 Å². The van der Waals surface area contributed by atoms with Crippen LogP contribution in [0.25, 0.3) is 6.08 Å². The first-order valence-electron chi connectivity index (χ1n) is 12.8. The van der Waals surface area contributed by atoms with Crippen LogP contribution in [0.5, 0.6) is 5.75 Å². The van der Waals surface area contributed by atoms with Gasteiger partial charge in [0.25, 0.3) is 5.56 Å². The zero-order valence-electron chi connectivity index (χ0n) is 21.4. The lowest BCUT2D eigenvalue weighted by molar-refractivity contribution is -0.139. The topological polar surface area (TPSA) is 86.3 Å². The highest BCUT2D eigenvalue weighted by atomic mass is 32.1. The quantitative estimate of drug-likeness (QED) is 0.440. The Bertz CT molecular complexity index is 1490. The van der Waals surface area contributed by atoms with Gasteiger partial charge in [-0.05, 0) is 63.8 Å². The van der Waals surface area contributed by atoms with Crippen molar-refractivity contribution < 1.29 is 18.7 Å². The van der Waals surface area contributed by atoms with Gasteiger partial charge in [0, 0.05) is 25.2 Å². The summed E-state index contributed by atoms with van der Waals surface area (Å²) in [4.78, 5) is 34.2. The van der Waals surface area contributed by atoms with Gasteiger partial charge in [0.05, 0.1) is 35.1 Å². The van der Waals surface area contributed by atoms with E-state index >= 15 is 0 Å². The van der Waals surface area contributed by atoms with Crippen molar-refractivity contribution in [3.8, 4) is 5.75 Å². The Kier molecular flexibility index (Phi) is 7.32. The van der Waals surface area contributed by atoms with E-state index in [1.807, 2.05) is 43.3 Å². The second kappa shape index (κ2) is 10.8. The van der Waals surface area contributed by atoms with Crippen molar-refractivity contribution in [3.05, 3.63) is 78.7 Å². The number of hydrogen-bond donors (Lipinski definition) is 0. The van der Waals surface area contributed by atoms with E-state index < -0.39 is 12.0 Å². The van der Waals surface area contributed by atoms with Gasteiger partial charge in [0.1, 0.15) is 11.5 Å². The number of anilines is 1. The van der Waals surface area contributed by atoms with Crippen LogP contribution in [0.2, 0.25) is 0 Å². The van der Waals surface area contributed by atoms with Crippen LogP contribution in [-0.2, 0) is 9.53 Å². The first-order chi connectivity index (χ1) is 18.0. The highest BCUT2D eigenvalue weighted by Gasteiger charge is 2.33. The standard InChI is InChI=1S/C28H31N3O5S/c1-4-34-20-11-9-19(10-12-20)25-24(27(33)35-5-2)18(3)29-28-31(25)26(32)22(37-28)17-21-13-14-23(36-21)30-15-7-6-8-16-30/h9-14,17,25H,4-8,15-16H2,1-3H3/b22-17-/t25-/m1/s1. The summed E-state index contributed by atoms with van der Waals surface area (Å²) in [7, 11) is 0. The maximum atomic E-state index is 13.7. The summed E-state index contributed by atoms with van der Waals surface area (Å²) in [5.74, 6) is 1.68. The zero-order chi connectivity index (χ0) is 25.9. The summed E-state index contributed by atoms with van der Waals surface area (Å²) in [5, 5.41) is 0. The Labute approximate surface area is 219 Å². The van der Waals surface area contributed by atoms with E-state index in [1.165, 1.54) is 17.8 Å². The van der Waals surface area contributed by atoms with Crippen molar-refractivity contribution >= 4 is 29.3 Å². The molecule has 2 aliphatic heterocycles. The molecule has 0 radical (unpaired) electrons. The molecule has 1 saturated heterocycles. The largest absolute Gasteiger partial charge is 0.494 e. The first-order valence-corrected chi connectivity index (χ1v) is 13.6. The van der Waals surface area contributed by atoms with Crippen LogP contribution < -0.4 is 24.5 Å². The summed E-state index contributed by atoms with van der Waals surface area (Å²) >= 11 is 1.29. The number of ether oxygens (including phenoxy) is 2. The fraction of sp³-hybridized carbons (Fsp3) is 0.393. The zero-order valence-corrected chi connectivity index (χ0v) is 22.2. The van der Waals surface area contributed by atoms with E-state index in [4.69, 9.17) is 13.9 Å². The number of hydrogen-bond acceptors (Lipinski definition) is 8. The number of esters is 1. The minimum atomic E-state index is -0.659. The Morgan fingerprint density at radius 3 is 2.57 bits per heavy atom. The number of piperidine rings is 1. The fourth-order valence-electron chi connectivity index (χ4n) is 4.85. The number of aromatic nitrogens is 1. The molecular weight excluding hydrogens is 490 g/mol. The summed E-state index contributed by atoms with van der Waals surface area (Å²) in [6.45, 7) is 8.20. The van der Waals surface area contributed by atoms with Crippen molar-refractivity contribution in [1.29, 1.82) is 0 Å². The maximum Gasteiger partial charge on any atom is 0.338 e. The minimum absolute atomic E-state index is 0.229. The van der Waals surface area contributed by atoms with Gasteiger partial charge in [-0.2, -0.15) is 0 Å². The molecule has 3 aromatic rings. The lowest BCUT2D eigenvalue weighted by Crippen LogP contribution is -2.39. The molecule has 2 aromatic heterocycles. The van der Waals surface area contributed by atoms with Gasteiger partial charge in [-0.3, -0.25) is 9.36 Å². The van der Waals surface area contributed by atoms with Crippen LogP contribution >= 0.6 is 11.3 Å². The molecule has 37 heavy (non-hydrogen) atoms. The third-order valence-corrected chi connectivity index (χ3v) is 7.56. The second-order valence-corrected chi connectivity index (χ2v) is 10.0.